The molecule has 0 unspecified atom stereocenters. The van der Waals surface area contributed by atoms with Crippen LogP contribution >= 0.6 is 11.6 Å². The van der Waals surface area contributed by atoms with E-state index in [1.165, 1.54) is 0 Å². The average molecular weight is 465 g/mol. The first-order valence-corrected chi connectivity index (χ1v) is 11.2. The fourth-order valence-electron chi connectivity index (χ4n) is 4.69. The highest BCUT2D eigenvalue weighted by Gasteiger charge is 2.42. The SMILES string of the molecule is COc1ccc(-c2nc3n(n2)[C@@H](c2ccccc2Cl)C2=C(CC(C)(C)CC2=O)N3)cc1OC. The van der Waals surface area contributed by atoms with Crippen molar-refractivity contribution in [2.75, 3.05) is 19.5 Å². The Morgan fingerprint density at radius 3 is 2.58 bits per heavy atom. The van der Waals surface area contributed by atoms with Gasteiger partial charge in [0.1, 0.15) is 6.04 Å². The lowest BCUT2D eigenvalue weighted by molar-refractivity contribution is -0.118. The number of allylic oxidation sites excluding steroid dienone is 2. The molecular weight excluding hydrogens is 440 g/mol. The fourth-order valence-corrected chi connectivity index (χ4v) is 4.93. The van der Waals surface area contributed by atoms with E-state index in [1.807, 2.05) is 42.5 Å². The number of hydrogen-bond acceptors (Lipinski definition) is 6. The average Bonchev–Trinajstić information content (AvgIpc) is 3.20. The predicted molar refractivity (Wildman–Crippen MR) is 127 cm³/mol. The summed E-state index contributed by atoms with van der Waals surface area (Å²) in [6.07, 6.45) is 1.22. The zero-order valence-corrected chi connectivity index (χ0v) is 19.7. The molecule has 1 aliphatic carbocycles. The van der Waals surface area contributed by atoms with Gasteiger partial charge in [-0.05, 0) is 36.1 Å². The molecule has 2 heterocycles. The smallest absolute Gasteiger partial charge is 0.226 e. The van der Waals surface area contributed by atoms with Crippen LogP contribution in [0.15, 0.2) is 53.7 Å². The third-order valence-electron chi connectivity index (χ3n) is 6.17. The van der Waals surface area contributed by atoms with Crippen LogP contribution in [0.5, 0.6) is 11.5 Å². The van der Waals surface area contributed by atoms with Gasteiger partial charge in [0.2, 0.25) is 5.95 Å². The second kappa shape index (κ2) is 7.92. The lowest BCUT2D eigenvalue weighted by atomic mass is 9.73. The van der Waals surface area contributed by atoms with Crippen LogP contribution in [0.4, 0.5) is 5.95 Å². The minimum atomic E-state index is -0.449. The zero-order chi connectivity index (χ0) is 23.3. The molecule has 0 radical (unpaired) electrons. The minimum absolute atomic E-state index is 0.104. The number of carbonyl (C=O) groups is 1. The number of ketones is 1. The maximum absolute atomic E-state index is 13.3. The standard InChI is InChI=1S/C25H25ClN4O3/c1-25(2)12-17-21(18(31)13-25)22(15-7-5-6-8-16(15)26)30-24(27-17)28-23(29-30)14-9-10-19(32-3)20(11-14)33-4/h5-11,22H,12-13H2,1-4H3,(H,27,28,29)/t22-/m0/s1. The topological polar surface area (TPSA) is 78.3 Å². The van der Waals surface area contributed by atoms with Crippen molar-refractivity contribution in [1.29, 1.82) is 0 Å². The van der Waals surface area contributed by atoms with Gasteiger partial charge in [-0.25, -0.2) is 4.68 Å². The number of benzene rings is 2. The molecule has 0 spiro atoms. The largest absolute Gasteiger partial charge is 0.493 e. The third kappa shape index (κ3) is 3.66. The number of nitrogens with one attached hydrogen (secondary N) is 1. The number of halogens is 1. The van der Waals surface area contributed by atoms with E-state index in [0.717, 1.165) is 23.2 Å². The second-order valence-corrected chi connectivity index (χ2v) is 9.56. The Morgan fingerprint density at radius 1 is 1.09 bits per heavy atom. The highest BCUT2D eigenvalue weighted by atomic mass is 35.5. The molecule has 0 saturated heterocycles. The Morgan fingerprint density at radius 2 is 1.85 bits per heavy atom. The van der Waals surface area contributed by atoms with Gasteiger partial charge in [0, 0.05) is 33.8 Å². The molecule has 170 valence electrons. The fraction of sp³-hybridized carbons (Fsp3) is 0.320. The number of ether oxygens (including phenoxy) is 2. The first-order valence-electron chi connectivity index (χ1n) is 10.8. The molecule has 1 N–H and O–H groups in total. The van der Waals surface area contributed by atoms with Gasteiger partial charge in [-0.15, -0.1) is 5.10 Å². The second-order valence-electron chi connectivity index (χ2n) is 9.16. The van der Waals surface area contributed by atoms with Crippen LogP contribution in [0, 0.1) is 5.41 Å². The molecule has 1 aromatic heterocycles. The van der Waals surface area contributed by atoms with Crippen LogP contribution in [0.1, 0.15) is 38.3 Å². The van der Waals surface area contributed by atoms with Crippen LogP contribution in [0.2, 0.25) is 5.02 Å². The molecule has 8 heteroatoms. The quantitative estimate of drug-likeness (QED) is 0.566. The number of fused-ring (bicyclic) bond motifs is 1. The Balaban J connectivity index is 1.67. The number of hydrogen-bond donors (Lipinski definition) is 1. The summed E-state index contributed by atoms with van der Waals surface area (Å²) in [5.74, 6) is 2.42. The normalized spacial score (nSPS) is 18.9. The van der Waals surface area contributed by atoms with Crippen molar-refractivity contribution in [3.8, 4) is 22.9 Å². The zero-order valence-electron chi connectivity index (χ0n) is 19.0. The Bertz CT molecular complexity index is 1290. The number of nitrogens with zero attached hydrogens (tertiary/aromatic N) is 3. The maximum Gasteiger partial charge on any atom is 0.226 e. The van der Waals surface area contributed by atoms with Crippen molar-refractivity contribution in [3.05, 3.63) is 64.3 Å². The number of carbonyl (C=O) groups excluding carboxylic acids is 1. The molecule has 2 aliphatic rings. The van der Waals surface area contributed by atoms with Crippen molar-refractivity contribution in [1.82, 2.24) is 14.8 Å². The summed E-state index contributed by atoms with van der Waals surface area (Å²) in [7, 11) is 3.19. The van der Waals surface area contributed by atoms with E-state index in [9.17, 15) is 4.79 Å². The Kier molecular flexibility index (Phi) is 5.16. The van der Waals surface area contributed by atoms with Crippen molar-refractivity contribution in [3.63, 3.8) is 0 Å². The van der Waals surface area contributed by atoms with Gasteiger partial charge in [-0.2, -0.15) is 4.98 Å². The minimum Gasteiger partial charge on any atom is -0.493 e. The third-order valence-corrected chi connectivity index (χ3v) is 6.52. The molecule has 1 aliphatic heterocycles. The first-order chi connectivity index (χ1) is 15.8. The maximum atomic E-state index is 13.3. The van der Waals surface area contributed by atoms with Crippen LogP contribution in [-0.4, -0.2) is 34.8 Å². The summed E-state index contributed by atoms with van der Waals surface area (Å²) in [6, 6.07) is 12.7. The van der Waals surface area contributed by atoms with Gasteiger partial charge in [0.25, 0.3) is 0 Å². The van der Waals surface area contributed by atoms with Gasteiger partial charge in [0.15, 0.2) is 23.1 Å². The predicted octanol–water partition coefficient (Wildman–Crippen LogP) is 5.27. The molecule has 3 aromatic rings. The molecule has 1 atom stereocenters. The van der Waals surface area contributed by atoms with E-state index < -0.39 is 6.04 Å². The van der Waals surface area contributed by atoms with Crippen LogP contribution in [-0.2, 0) is 4.79 Å². The summed E-state index contributed by atoms with van der Waals surface area (Å²) in [5, 5.41) is 8.80. The summed E-state index contributed by atoms with van der Waals surface area (Å²) in [5.41, 5.74) is 3.06. The molecule has 2 aromatic carbocycles. The highest BCUT2D eigenvalue weighted by molar-refractivity contribution is 6.31. The molecule has 7 nitrogen and oxygen atoms in total. The summed E-state index contributed by atoms with van der Waals surface area (Å²) < 4.78 is 12.6. The van der Waals surface area contributed by atoms with Crippen LogP contribution < -0.4 is 14.8 Å². The van der Waals surface area contributed by atoms with Crippen molar-refractivity contribution in [2.45, 2.75) is 32.7 Å². The van der Waals surface area contributed by atoms with E-state index >= 15 is 0 Å². The Labute approximate surface area is 197 Å². The summed E-state index contributed by atoms with van der Waals surface area (Å²) >= 11 is 6.61. The van der Waals surface area contributed by atoms with Gasteiger partial charge in [-0.3, -0.25) is 4.79 Å². The van der Waals surface area contributed by atoms with E-state index in [2.05, 4.69) is 19.2 Å². The van der Waals surface area contributed by atoms with Crippen LogP contribution in [0.3, 0.4) is 0 Å². The molecule has 0 saturated carbocycles. The molecule has 0 fully saturated rings. The number of methoxy groups -OCH3 is 2. The number of anilines is 1. The molecule has 0 amide bonds. The van der Waals surface area contributed by atoms with E-state index in [4.69, 9.17) is 31.2 Å². The molecule has 33 heavy (non-hydrogen) atoms. The van der Waals surface area contributed by atoms with Gasteiger partial charge < -0.3 is 14.8 Å². The lowest BCUT2D eigenvalue weighted by Crippen LogP contribution is -2.36. The molecule has 0 bridgehead atoms. The number of rotatable bonds is 4. The number of aromatic nitrogens is 3. The van der Waals surface area contributed by atoms with Gasteiger partial charge in [-0.1, -0.05) is 43.6 Å². The van der Waals surface area contributed by atoms with Crippen LogP contribution in [0.25, 0.3) is 11.4 Å². The van der Waals surface area contributed by atoms with Gasteiger partial charge in [0.05, 0.1) is 14.2 Å². The van der Waals surface area contributed by atoms with E-state index in [-0.39, 0.29) is 11.2 Å². The monoisotopic (exact) mass is 464 g/mol. The van der Waals surface area contributed by atoms with Crippen molar-refractivity contribution < 1.29 is 14.3 Å². The first kappa shape index (κ1) is 21.5. The molecular formula is C25H25ClN4O3. The Hall–Kier alpha value is -3.32. The van der Waals surface area contributed by atoms with Crippen molar-refractivity contribution in [2.24, 2.45) is 5.41 Å². The van der Waals surface area contributed by atoms with E-state index in [0.29, 0.717) is 40.3 Å². The number of Topliss-reactive ketones (excluding diaryl/α,β-unsaturated/α-hetero) is 1. The highest BCUT2D eigenvalue weighted by Crippen LogP contribution is 2.47. The van der Waals surface area contributed by atoms with E-state index in [1.54, 1.807) is 18.9 Å². The van der Waals surface area contributed by atoms with Crippen molar-refractivity contribution >= 4 is 23.3 Å². The van der Waals surface area contributed by atoms with Gasteiger partial charge >= 0.3 is 0 Å². The molecule has 5 rings (SSSR count). The lowest BCUT2D eigenvalue weighted by Gasteiger charge is -2.38. The summed E-state index contributed by atoms with van der Waals surface area (Å²) in [4.78, 5) is 18.1. The summed E-state index contributed by atoms with van der Waals surface area (Å²) in [6.45, 7) is 4.21.